The van der Waals surface area contributed by atoms with Gasteiger partial charge < -0.3 is 35.2 Å². The molecular formula is C40H77NO11S. The van der Waals surface area contributed by atoms with Crippen molar-refractivity contribution in [3.05, 3.63) is 12.2 Å². The van der Waals surface area contributed by atoms with E-state index in [1.165, 1.54) is 116 Å². The minimum atomic E-state index is -4.86. The van der Waals surface area contributed by atoms with Gasteiger partial charge in [0, 0.05) is 6.42 Å². The van der Waals surface area contributed by atoms with E-state index in [1.807, 2.05) is 6.08 Å². The molecule has 1 aliphatic heterocycles. The van der Waals surface area contributed by atoms with Crippen LogP contribution in [0.25, 0.3) is 0 Å². The zero-order valence-electron chi connectivity index (χ0n) is 33.1. The molecule has 0 aromatic rings. The molecule has 1 rings (SSSR count). The fourth-order valence-corrected chi connectivity index (χ4v) is 6.95. The first kappa shape index (κ1) is 49.9. The van der Waals surface area contributed by atoms with Crippen molar-refractivity contribution in [2.75, 3.05) is 13.2 Å². The molecule has 12 nitrogen and oxygen atoms in total. The number of nitrogens with one attached hydrogen (secondary N) is 1. The summed E-state index contributed by atoms with van der Waals surface area (Å²) in [5.74, 6) is -0.250. The molecule has 1 fully saturated rings. The number of rotatable bonds is 35. The van der Waals surface area contributed by atoms with Crippen molar-refractivity contribution in [1.82, 2.24) is 5.32 Å². The molecule has 314 valence electrons. The topological polar surface area (TPSA) is 192 Å². The Kier molecular flexibility index (Phi) is 30.1. The Labute approximate surface area is 321 Å². The predicted molar refractivity (Wildman–Crippen MR) is 209 cm³/mol. The van der Waals surface area contributed by atoms with Gasteiger partial charge in [-0.3, -0.25) is 9.35 Å². The molecule has 0 bridgehead atoms. The van der Waals surface area contributed by atoms with Crippen molar-refractivity contribution in [2.45, 2.75) is 224 Å². The fourth-order valence-electron chi connectivity index (χ4n) is 6.65. The number of amides is 1. The zero-order chi connectivity index (χ0) is 39.2. The molecule has 0 unspecified atom stereocenters. The highest BCUT2D eigenvalue weighted by molar-refractivity contribution is 7.80. The van der Waals surface area contributed by atoms with Crippen molar-refractivity contribution in [3.63, 3.8) is 0 Å². The molecule has 6 N–H and O–H groups in total. The van der Waals surface area contributed by atoms with Gasteiger partial charge in [0.05, 0.1) is 25.4 Å². The molecular weight excluding hydrogens is 703 g/mol. The summed E-state index contributed by atoms with van der Waals surface area (Å²) in [6.07, 6.45) is 24.4. The van der Waals surface area contributed by atoms with Crippen molar-refractivity contribution in [2.24, 2.45) is 0 Å². The van der Waals surface area contributed by atoms with E-state index >= 15 is 0 Å². The Bertz CT molecular complexity index is 1010. The lowest BCUT2D eigenvalue weighted by Gasteiger charge is -2.40. The monoisotopic (exact) mass is 780 g/mol. The number of aliphatic hydroxyl groups is 4. The van der Waals surface area contributed by atoms with Crippen LogP contribution in [-0.2, 0) is 28.9 Å². The summed E-state index contributed by atoms with van der Waals surface area (Å²) in [4.78, 5) is 12.9. The molecule has 1 saturated heterocycles. The van der Waals surface area contributed by atoms with Crippen LogP contribution in [0.2, 0.25) is 0 Å². The van der Waals surface area contributed by atoms with Crippen LogP contribution < -0.4 is 5.32 Å². The van der Waals surface area contributed by atoms with E-state index in [0.29, 0.717) is 6.42 Å². The third kappa shape index (κ3) is 26.4. The first-order valence-electron chi connectivity index (χ1n) is 21.1. The van der Waals surface area contributed by atoms with E-state index in [4.69, 9.17) is 14.0 Å². The maximum atomic E-state index is 12.9. The third-order valence-electron chi connectivity index (χ3n) is 10.1. The number of unbranched alkanes of at least 4 members (excludes halogenated alkanes) is 23. The first-order chi connectivity index (χ1) is 25.5. The van der Waals surface area contributed by atoms with E-state index in [1.54, 1.807) is 6.08 Å². The lowest BCUT2D eigenvalue weighted by Crippen LogP contribution is -2.60. The normalized spacial score (nSPS) is 22.0. The van der Waals surface area contributed by atoms with Gasteiger partial charge in [0.1, 0.15) is 24.4 Å². The summed E-state index contributed by atoms with van der Waals surface area (Å²) in [5, 5.41) is 44.9. The first-order valence-corrected chi connectivity index (χ1v) is 22.4. The molecule has 1 aliphatic rings. The van der Waals surface area contributed by atoms with Crippen molar-refractivity contribution in [3.8, 4) is 0 Å². The largest absolute Gasteiger partial charge is 0.397 e. The van der Waals surface area contributed by atoms with E-state index in [-0.39, 0.29) is 18.9 Å². The Morgan fingerprint density at radius 2 is 1.15 bits per heavy atom. The van der Waals surface area contributed by atoms with Gasteiger partial charge >= 0.3 is 10.4 Å². The lowest BCUT2D eigenvalue weighted by atomic mass is 9.99. The van der Waals surface area contributed by atoms with Crippen molar-refractivity contribution in [1.29, 1.82) is 0 Å². The fraction of sp³-hybridized carbons (Fsp3) is 0.925. The quantitative estimate of drug-likeness (QED) is 0.0216. The van der Waals surface area contributed by atoms with Crippen LogP contribution in [0.5, 0.6) is 0 Å². The van der Waals surface area contributed by atoms with E-state index < -0.39 is 59.9 Å². The third-order valence-corrected chi connectivity index (χ3v) is 10.5. The van der Waals surface area contributed by atoms with Gasteiger partial charge in [-0.15, -0.1) is 0 Å². The standard InChI is InChI=1S/C40H77NO11S/c1-3-5-7-9-11-13-15-17-19-21-23-25-27-29-34(42)33(31-50-40-39(46)38(45)37(44)35(52-40)32-51-53(47,48)49)41-36(43)30-28-26-24-22-20-18-16-14-12-10-8-6-4-2/h27,29,33-35,37-40,42,44-46H,3-26,28,30-32H2,1-2H3,(H,41,43)(H,47,48,49)/b29-27+/t33-,34+,35-,37+,38-,39-,40+/m0/s1. The SMILES string of the molecule is CCCCCCCCCCCCC/C=C/[C@@H](O)[C@H](CO[C@@H]1O[C@@H](COS(=O)(=O)O)[C@@H](O)[C@H](O)[C@@H]1O)NC(=O)CCCCCCCCCCCCCCC. The zero-order valence-corrected chi connectivity index (χ0v) is 33.9. The minimum absolute atomic E-state index is 0.250. The van der Waals surface area contributed by atoms with Crippen molar-refractivity contribution >= 4 is 16.3 Å². The molecule has 1 amide bonds. The molecule has 0 aromatic carbocycles. The second-order valence-electron chi connectivity index (χ2n) is 15.0. The van der Waals surface area contributed by atoms with E-state index in [2.05, 4.69) is 23.3 Å². The molecule has 0 spiro atoms. The summed E-state index contributed by atoms with van der Waals surface area (Å²) in [6, 6.07) is -0.912. The predicted octanol–water partition coefficient (Wildman–Crippen LogP) is 7.21. The smallest absolute Gasteiger partial charge is 0.387 e. The molecule has 0 aliphatic carbocycles. The molecule has 0 saturated carbocycles. The molecule has 0 aromatic heterocycles. The van der Waals surface area contributed by atoms with Crippen molar-refractivity contribution < 1.29 is 51.8 Å². The number of carbonyl (C=O) groups excluding carboxylic acids is 1. The maximum absolute atomic E-state index is 12.9. The van der Waals surface area contributed by atoms with Gasteiger partial charge in [0.25, 0.3) is 0 Å². The van der Waals surface area contributed by atoms with Crippen LogP contribution >= 0.6 is 0 Å². The van der Waals surface area contributed by atoms with Gasteiger partial charge in [-0.1, -0.05) is 167 Å². The molecule has 53 heavy (non-hydrogen) atoms. The number of hydrogen-bond acceptors (Lipinski definition) is 10. The van der Waals surface area contributed by atoms with E-state index in [9.17, 15) is 33.6 Å². The summed E-state index contributed by atoms with van der Waals surface area (Å²) in [5.41, 5.74) is 0. The summed E-state index contributed by atoms with van der Waals surface area (Å²) >= 11 is 0. The summed E-state index contributed by atoms with van der Waals surface area (Å²) in [7, 11) is -4.86. The highest BCUT2D eigenvalue weighted by Gasteiger charge is 2.45. The van der Waals surface area contributed by atoms with Gasteiger partial charge in [-0.2, -0.15) is 8.42 Å². The van der Waals surface area contributed by atoms with Crippen LogP contribution in [-0.4, -0.2) is 95.4 Å². The Morgan fingerprint density at radius 1 is 0.698 bits per heavy atom. The average Bonchev–Trinajstić information content (AvgIpc) is 3.12. The Hall–Kier alpha value is -1.16. The van der Waals surface area contributed by atoms with Gasteiger partial charge in [-0.25, -0.2) is 4.18 Å². The van der Waals surface area contributed by atoms with Crippen LogP contribution in [0, 0.1) is 0 Å². The number of allylic oxidation sites excluding steroid dienone is 1. The Morgan fingerprint density at radius 3 is 1.62 bits per heavy atom. The molecule has 7 atom stereocenters. The second kappa shape index (κ2) is 32.0. The number of carbonyl (C=O) groups is 1. The number of aliphatic hydroxyl groups excluding tert-OH is 4. The highest BCUT2D eigenvalue weighted by atomic mass is 32.3. The molecule has 13 heteroatoms. The number of hydrogen-bond donors (Lipinski definition) is 6. The highest BCUT2D eigenvalue weighted by Crippen LogP contribution is 2.23. The van der Waals surface area contributed by atoms with Gasteiger partial charge in [-0.05, 0) is 19.3 Å². The second-order valence-corrected chi connectivity index (χ2v) is 16.1. The number of ether oxygens (including phenoxy) is 2. The lowest BCUT2D eigenvalue weighted by molar-refractivity contribution is -0.301. The van der Waals surface area contributed by atoms with Crippen LogP contribution in [0.1, 0.15) is 181 Å². The average molecular weight is 780 g/mol. The van der Waals surface area contributed by atoms with E-state index in [0.717, 1.165) is 38.5 Å². The van der Waals surface area contributed by atoms with Crippen LogP contribution in [0.3, 0.4) is 0 Å². The Balaban J connectivity index is 2.56. The minimum Gasteiger partial charge on any atom is -0.387 e. The van der Waals surface area contributed by atoms with Gasteiger partial charge in [0.2, 0.25) is 5.91 Å². The molecule has 0 radical (unpaired) electrons. The summed E-state index contributed by atoms with van der Waals surface area (Å²) in [6.45, 7) is 3.31. The summed E-state index contributed by atoms with van der Waals surface area (Å²) < 4.78 is 46.4. The van der Waals surface area contributed by atoms with Gasteiger partial charge in [0.15, 0.2) is 6.29 Å². The van der Waals surface area contributed by atoms with Crippen LogP contribution in [0.15, 0.2) is 12.2 Å². The molecule has 1 heterocycles. The maximum Gasteiger partial charge on any atom is 0.397 e. The van der Waals surface area contributed by atoms with Crippen LogP contribution in [0.4, 0.5) is 0 Å².